The molecule has 2 N–H and O–H groups in total. The van der Waals surface area contributed by atoms with E-state index in [1.165, 1.54) is 44.1 Å². The monoisotopic (exact) mass is 428 g/mol. The molecule has 31 heavy (non-hydrogen) atoms. The first kappa shape index (κ1) is 23.3. The zero-order chi connectivity index (χ0) is 22.2. The van der Waals surface area contributed by atoms with Gasteiger partial charge in [0.25, 0.3) is 0 Å². The van der Waals surface area contributed by atoms with E-state index in [0.29, 0.717) is 17.9 Å². The van der Waals surface area contributed by atoms with Crippen molar-refractivity contribution in [3.05, 3.63) is 34.9 Å². The molecule has 0 aromatic carbocycles. The summed E-state index contributed by atoms with van der Waals surface area (Å²) in [6.07, 6.45) is 18.1. The van der Waals surface area contributed by atoms with E-state index in [1.807, 2.05) is 13.8 Å². The maximum absolute atomic E-state index is 10.5. The zero-order valence-corrected chi connectivity index (χ0v) is 20.2. The molecule has 174 valence electrons. The van der Waals surface area contributed by atoms with E-state index in [0.717, 1.165) is 43.1 Å². The van der Waals surface area contributed by atoms with E-state index in [-0.39, 0.29) is 12.2 Å². The van der Waals surface area contributed by atoms with E-state index < -0.39 is 5.60 Å². The summed E-state index contributed by atoms with van der Waals surface area (Å²) in [5, 5.41) is 20.5. The summed E-state index contributed by atoms with van der Waals surface area (Å²) in [6, 6.07) is 0. The number of fused-ring (bicyclic) bond motifs is 2. The molecule has 1 aliphatic heterocycles. The molecule has 0 radical (unpaired) electrons. The van der Waals surface area contributed by atoms with Crippen molar-refractivity contribution in [2.45, 2.75) is 110 Å². The van der Waals surface area contributed by atoms with Crippen LogP contribution in [0.1, 0.15) is 91.9 Å². The van der Waals surface area contributed by atoms with Crippen molar-refractivity contribution in [3.63, 3.8) is 0 Å². The minimum Gasteiger partial charge on any atom is -0.390 e. The fourth-order valence-corrected chi connectivity index (χ4v) is 7.34. The Morgan fingerprint density at radius 3 is 2.84 bits per heavy atom. The Kier molecular flexibility index (Phi) is 6.87. The first-order chi connectivity index (χ1) is 14.7. The van der Waals surface area contributed by atoms with Gasteiger partial charge in [-0.25, -0.2) is 0 Å². The molecule has 0 amide bonds. The molecule has 1 heterocycles. The van der Waals surface area contributed by atoms with Gasteiger partial charge < -0.3 is 14.9 Å². The summed E-state index contributed by atoms with van der Waals surface area (Å²) in [5.41, 5.74) is 3.98. The van der Waals surface area contributed by atoms with Gasteiger partial charge in [-0.05, 0) is 94.0 Å². The summed E-state index contributed by atoms with van der Waals surface area (Å²) in [5.74, 6) is 2.24. The van der Waals surface area contributed by atoms with E-state index in [4.69, 9.17) is 4.74 Å². The molecule has 0 bridgehead atoms. The summed E-state index contributed by atoms with van der Waals surface area (Å²) >= 11 is 0. The second kappa shape index (κ2) is 9.15. The number of rotatable bonds is 6. The highest BCUT2D eigenvalue weighted by Crippen LogP contribution is 2.60. The molecule has 3 nitrogen and oxygen atoms in total. The topological polar surface area (TPSA) is 49.7 Å². The lowest BCUT2D eigenvalue weighted by molar-refractivity contribution is 0.0596. The second-order valence-electron chi connectivity index (χ2n) is 11.8. The highest BCUT2D eigenvalue weighted by atomic mass is 16.5. The van der Waals surface area contributed by atoms with Gasteiger partial charge in [-0.15, -0.1) is 0 Å². The fraction of sp³-hybridized carbons (Fsp3) is 0.786. The minimum absolute atomic E-state index is 0.102. The Labute approximate surface area is 189 Å². The van der Waals surface area contributed by atoms with Crippen LogP contribution in [0.4, 0.5) is 0 Å². The standard InChI is InChI=1S/C28H44O3/c1-19(7-5-14-27(2,3)30)23-11-12-24-21(8-6-15-28(23,24)4)10-9-20-17-25(29)22-13-16-31-26(22)18-20/h9-10,13,19,23-26,29-30H,5-8,11-12,14-18H2,1-4H3/b20-9+,21-10+/t19-,23?,24?,25-,26-,28?/m1/s1. The number of aliphatic hydroxyl groups excluding tert-OH is 1. The minimum atomic E-state index is -0.539. The quantitative estimate of drug-likeness (QED) is 0.502. The van der Waals surface area contributed by atoms with E-state index in [1.54, 1.807) is 5.57 Å². The number of allylic oxidation sites excluding steroid dienone is 3. The van der Waals surface area contributed by atoms with Crippen LogP contribution in [0.25, 0.3) is 0 Å². The first-order valence-corrected chi connectivity index (χ1v) is 12.8. The molecule has 3 unspecified atom stereocenters. The SMILES string of the molecule is C[C@H](CCCC(C)(C)O)C1CCC2/C(=C/C=C3\C[C@@H](O)C4=CCO[C@@H]4C3)CCCC21C. The molecule has 0 aromatic heterocycles. The van der Waals surface area contributed by atoms with Gasteiger partial charge in [0.15, 0.2) is 0 Å². The van der Waals surface area contributed by atoms with Crippen molar-refractivity contribution in [1.29, 1.82) is 0 Å². The molecule has 0 spiro atoms. The summed E-state index contributed by atoms with van der Waals surface area (Å²) in [6.45, 7) is 9.53. The van der Waals surface area contributed by atoms with Crippen molar-refractivity contribution < 1.29 is 14.9 Å². The van der Waals surface area contributed by atoms with Crippen LogP contribution in [0.5, 0.6) is 0 Å². The predicted molar refractivity (Wildman–Crippen MR) is 127 cm³/mol. The molecular weight excluding hydrogens is 384 g/mol. The molecule has 4 rings (SSSR count). The summed E-state index contributed by atoms with van der Waals surface area (Å²) in [7, 11) is 0. The predicted octanol–water partition coefficient (Wildman–Crippen LogP) is 6.11. The van der Waals surface area contributed by atoms with E-state index >= 15 is 0 Å². The maximum atomic E-state index is 10.5. The first-order valence-electron chi connectivity index (χ1n) is 12.8. The fourth-order valence-electron chi connectivity index (χ4n) is 7.34. The van der Waals surface area contributed by atoms with Gasteiger partial charge in [0.1, 0.15) is 0 Å². The Morgan fingerprint density at radius 1 is 1.26 bits per heavy atom. The van der Waals surface area contributed by atoms with Gasteiger partial charge in [-0.1, -0.05) is 56.1 Å². The Balaban J connectivity index is 1.42. The van der Waals surface area contributed by atoms with Crippen LogP contribution < -0.4 is 0 Å². The average Bonchev–Trinajstić information content (AvgIpc) is 3.29. The Bertz CT molecular complexity index is 740. The molecular formula is C28H44O3. The molecule has 0 saturated heterocycles. The Morgan fingerprint density at radius 2 is 2.06 bits per heavy atom. The van der Waals surface area contributed by atoms with Crippen molar-refractivity contribution in [3.8, 4) is 0 Å². The van der Waals surface area contributed by atoms with Gasteiger partial charge in [0.2, 0.25) is 0 Å². The molecule has 3 saturated carbocycles. The van der Waals surface area contributed by atoms with Crippen molar-refractivity contribution in [2.75, 3.05) is 6.61 Å². The number of aliphatic hydroxyl groups is 2. The van der Waals surface area contributed by atoms with Gasteiger partial charge in [0, 0.05) is 0 Å². The van der Waals surface area contributed by atoms with Crippen molar-refractivity contribution in [2.24, 2.45) is 23.2 Å². The molecule has 4 aliphatic rings. The van der Waals surface area contributed by atoms with Crippen LogP contribution in [-0.4, -0.2) is 34.6 Å². The zero-order valence-electron chi connectivity index (χ0n) is 20.2. The molecule has 3 fully saturated rings. The number of ether oxygens (including phenoxy) is 1. The smallest absolute Gasteiger partial charge is 0.0852 e. The van der Waals surface area contributed by atoms with Gasteiger partial charge >= 0.3 is 0 Å². The summed E-state index contributed by atoms with van der Waals surface area (Å²) < 4.78 is 5.80. The van der Waals surface area contributed by atoms with Gasteiger partial charge in [0.05, 0.1) is 24.4 Å². The van der Waals surface area contributed by atoms with Crippen LogP contribution >= 0.6 is 0 Å². The normalized spacial score (nSPS) is 39.5. The third-order valence-electron chi connectivity index (χ3n) is 8.98. The molecule has 6 atom stereocenters. The number of hydrogen-bond donors (Lipinski definition) is 2. The number of hydrogen-bond acceptors (Lipinski definition) is 3. The second-order valence-corrected chi connectivity index (χ2v) is 11.8. The van der Waals surface area contributed by atoms with E-state index in [2.05, 4.69) is 32.1 Å². The largest absolute Gasteiger partial charge is 0.390 e. The lowest BCUT2D eigenvalue weighted by atomic mass is 9.60. The average molecular weight is 429 g/mol. The lowest BCUT2D eigenvalue weighted by Gasteiger charge is -2.44. The highest BCUT2D eigenvalue weighted by molar-refractivity contribution is 5.32. The van der Waals surface area contributed by atoms with Gasteiger partial charge in [-0.2, -0.15) is 0 Å². The van der Waals surface area contributed by atoms with Crippen LogP contribution in [0.2, 0.25) is 0 Å². The summed E-state index contributed by atoms with van der Waals surface area (Å²) in [4.78, 5) is 0. The van der Waals surface area contributed by atoms with E-state index in [9.17, 15) is 10.2 Å². The lowest BCUT2D eigenvalue weighted by Crippen LogP contribution is -2.36. The van der Waals surface area contributed by atoms with Crippen molar-refractivity contribution in [1.82, 2.24) is 0 Å². The van der Waals surface area contributed by atoms with Crippen LogP contribution in [0, 0.1) is 23.2 Å². The van der Waals surface area contributed by atoms with Crippen molar-refractivity contribution >= 4 is 0 Å². The molecule has 3 aliphatic carbocycles. The van der Waals surface area contributed by atoms with Crippen LogP contribution in [0.15, 0.2) is 34.9 Å². The molecule has 3 heteroatoms. The maximum Gasteiger partial charge on any atom is 0.0852 e. The third kappa shape index (κ3) is 5.04. The third-order valence-corrected chi connectivity index (χ3v) is 8.98. The van der Waals surface area contributed by atoms with Crippen LogP contribution in [0.3, 0.4) is 0 Å². The van der Waals surface area contributed by atoms with Gasteiger partial charge in [-0.3, -0.25) is 0 Å². The highest BCUT2D eigenvalue weighted by Gasteiger charge is 2.50. The Hall–Kier alpha value is -0.900. The van der Waals surface area contributed by atoms with Crippen LogP contribution in [-0.2, 0) is 4.74 Å². The molecule has 0 aromatic rings.